The first kappa shape index (κ1) is 25.6. The number of aromatic nitrogens is 1. The lowest BCUT2D eigenvalue weighted by Gasteiger charge is -2.29. The van der Waals surface area contributed by atoms with Crippen molar-refractivity contribution < 1.29 is 31.1 Å². The van der Waals surface area contributed by atoms with E-state index >= 15 is 0 Å². The molecule has 1 unspecified atom stereocenters. The predicted molar refractivity (Wildman–Crippen MR) is 132 cm³/mol. The SMILES string of the molecule is CC1=C(CC(=O)O)C2=CC(F)=CCC2N1S(=O)(=O)c1ccc(N(C)c2cccc(S(C)(=O)=O)c2)nc1. The number of sulfonamides is 1. The van der Waals surface area contributed by atoms with Crippen LogP contribution in [0.5, 0.6) is 0 Å². The molecule has 1 aliphatic heterocycles. The second-order valence-electron chi connectivity index (χ2n) is 8.56. The number of hydrogen-bond acceptors (Lipinski definition) is 7. The Morgan fingerprint density at radius 1 is 1.19 bits per heavy atom. The zero-order valence-electron chi connectivity index (χ0n) is 19.7. The first-order valence-corrected chi connectivity index (χ1v) is 14.2. The van der Waals surface area contributed by atoms with Gasteiger partial charge in [-0.1, -0.05) is 6.07 Å². The molecule has 4 rings (SSSR count). The van der Waals surface area contributed by atoms with Gasteiger partial charge < -0.3 is 10.0 Å². The molecule has 1 aliphatic carbocycles. The third-order valence-corrected chi connectivity index (χ3v) is 9.16. The van der Waals surface area contributed by atoms with E-state index in [1.54, 1.807) is 24.1 Å². The maximum atomic E-state index is 14.0. The van der Waals surface area contributed by atoms with Gasteiger partial charge in [-0.15, -0.1) is 0 Å². The molecule has 1 aromatic carbocycles. The van der Waals surface area contributed by atoms with Crippen LogP contribution < -0.4 is 4.90 Å². The summed E-state index contributed by atoms with van der Waals surface area (Å²) in [5.41, 5.74) is 1.39. The lowest BCUT2D eigenvalue weighted by atomic mass is 9.93. The van der Waals surface area contributed by atoms with E-state index in [-0.39, 0.29) is 27.5 Å². The summed E-state index contributed by atoms with van der Waals surface area (Å²) in [6.07, 6.45) is 4.40. The van der Waals surface area contributed by atoms with Gasteiger partial charge in [-0.2, -0.15) is 0 Å². The highest BCUT2D eigenvalue weighted by Crippen LogP contribution is 2.43. The first-order valence-electron chi connectivity index (χ1n) is 10.8. The van der Waals surface area contributed by atoms with Gasteiger partial charge in [0.2, 0.25) is 0 Å². The Hall–Kier alpha value is -3.51. The molecule has 0 radical (unpaired) electrons. The molecule has 36 heavy (non-hydrogen) atoms. The third-order valence-electron chi connectivity index (χ3n) is 6.17. The van der Waals surface area contributed by atoms with E-state index in [4.69, 9.17) is 0 Å². The largest absolute Gasteiger partial charge is 0.481 e. The number of hydrogen-bond donors (Lipinski definition) is 1. The standard InChI is InChI=1S/C24H24FN3O6S2/c1-15-20(13-24(29)30)21-11-16(25)7-9-22(21)28(15)36(33,34)19-8-10-23(26-14-19)27(2)17-5-4-6-18(12-17)35(3,31)32/h4-8,10-12,14,22H,9,13H2,1-3H3,(H,29,30). The van der Waals surface area contributed by atoms with Crippen molar-refractivity contribution >= 4 is 37.3 Å². The Morgan fingerprint density at radius 3 is 2.53 bits per heavy atom. The number of anilines is 2. The topological polar surface area (TPSA) is 125 Å². The summed E-state index contributed by atoms with van der Waals surface area (Å²) in [5, 5.41) is 9.31. The number of fused-ring (bicyclic) bond motifs is 1. The Kier molecular flexibility index (Phi) is 6.52. The maximum Gasteiger partial charge on any atom is 0.307 e. The summed E-state index contributed by atoms with van der Waals surface area (Å²) < 4.78 is 66.1. The molecule has 1 atom stereocenters. The Morgan fingerprint density at radius 2 is 1.92 bits per heavy atom. The third kappa shape index (κ3) is 4.65. The number of aliphatic carboxylic acids is 1. The molecule has 190 valence electrons. The minimum atomic E-state index is -4.15. The van der Waals surface area contributed by atoms with Crippen molar-refractivity contribution in [3.63, 3.8) is 0 Å². The number of pyridine rings is 1. The van der Waals surface area contributed by atoms with Gasteiger partial charge in [0.05, 0.1) is 17.4 Å². The number of sulfone groups is 1. The summed E-state index contributed by atoms with van der Waals surface area (Å²) in [6, 6.07) is 8.40. The van der Waals surface area contributed by atoms with Crippen LogP contribution in [0.4, 0.5) is 15.9 Å². The molecular weight excluding hydrogens is 509 g/mol. The minimum absolute atomic E-state index is 0.0717. The maximum absolute atomic E-state index is 14.0. The van der Waals surface area contributed by atoms with Crippen LogP contribution in [0.25, 0.3) is 0 Å². The molecule has 2 heterocycles. The first-order chi connectivity index (χ1) is 16.8. The van der Waals surface area contributed by atoms with Crippen LogP contribution in [0.3, 0.4) is 0 Å². The summed E-state index contributed by atoms with van der Waals surface area (Å²) in [6.45, 7) is 1.51. The molecule has 0 fully saturated rings. The van der Waals surface area contributed by atoms with Crippen molar-refractivity contribution in [1.29, 1.82) is 0 Å². The molecule has 2 aromatic rings. The van der Waals surface area contributed by atoms with Gasteiger partial charge in [0, 0.05) is 30.9 Å². The fourth-order valence-corrected chi connectivity index (χ4v) is 6.68. The smallest absolute Gasteiger partial charge is 0.307 e. The summed E-state index contributed by atoms with van der Waals surface area (Å²) in [5.74, 6) is -1.31. The van der Waals surface area contributed by atoms with Crippen molar-refractivity contribution in [2.24, 2.45) is 0 Å². The summed E-state index contributed by atoms with van der Waals surface area (Å²) in [7, 11) is -5.89. The molecule has 9 nitrogen and oxygen atoms in total. The van der Waals surface area contributed by atoms with E-state index in [1.165, 1.54) is 49.5 Å². The van der Waals surface area contributed by atoms with Crippen molar-refractivity contribution in [2.75, 3.05) is 18.2 Å². The molecule has 0 amide bonds. The highest BCUT2D eigenvalue weighted by Gasteiger charge is 2.42. The van der Waals surface area contributed by atoms with E-state index in [2.05, 4.69) is 4.98 Å². The van der Waals surface area contributed by atoms with Gasteiger partial charge in [-0.05, 0) is 67.0 Å². The molecule has 0 spiro atoms. The zero-order valence-corrected chi connectivity index (χ0v) is 21.3. The van der Waals surface area contributed by atoms with Crippen LogP contribution in [0, 0.1) is 0 Å². The normalized spacial score (nSPS) is 18.0. The van der Waals surface area contributed by atoms with E-state index in [0.717, 1.165) is 10.6 Å². The van der Waals surface area contributed by atoms with Gasteiger partial charge in [0.25, 0.3) is 10.0 Å². The van der Waals surface area contributed by atoms with E-state index in [1.807, 2.05) is 0 Å². The van der Waals surface area contributed by atoms with E-state index in [9.17, 15) is 31.1 Å². The van der Waals surface area contributed by atoms with Gasteiger partial charge >= 0.3 is 5.97 Å². The number of rotatable bonds is 7. The van der Waals surface area contributed by atoms with E-state index < -0.39 is 44.1 Å². The Bertz CT molecular complexity index is 1540. The fraction of sp³-hybridized carbons (Fsp3) is 0.250. The molecule has 2 aliphatic rings. The van der Waals surface area contributed by atoms with Crippen LogP contribution in [-0.4, -0.2) is 56.5 Å². The van der Waals surface area contributed by atoms with Gasteiger partial charge in [0.1, 0.15) is 16.5 Å². The van der Waals surface area contributed by atoms with Crippen LogP contribution in [0.15, 0.2) is 87.2 Å². The fourth-order valence-electron chi connectivity index (χ4n) is 4.36. The van der Waals surface area contributed by atoms with Crippen LogP contribution in [-0.2, 0) is 24.7 Å². The monoisotopic (exact) mass is 533 g/mol. The second kappa shape index (κ2) is 9.17. The number of carboxylic acids is 1. The average Bonchev–Trinajstić information content (AvgIpc) is 3.09. The second-order valence-corrected chi connectivity index (χ2v) is 12.4. The molecule has 0 saturated heterocycles. The Balaban J connectivity index is 1.67. The van der Waals surface area contributed by atoms with Crippen molar-refractivity contribution in [2.45, 2.75) is 35.6 Å². The van der Waals surface area contributed by atoms with E-state index in [0.29, 0.717) is 17.1 Å². The average molecular weight is 534 g/mol. The molecule has 0 bridgehead atoms. The number of allylic oxidation sites excluding steroid dienone is 3. The van der Waals surface area contributed by atoms with Gasteiger partial charge in [0.15, 0.2) is 9.84 Å². The predicted octanol–water partition coefficient (Wildman–Crippen LogP) is 3.56. The lowest BCUT2D eigenvalue weighted by Crippen LogP contribution is -2.36. The van der Waals surface area contributed by atoms with Crippen molar-refractivity contribution in [3.05, 3.63) is 77.4 Å². The summed E-state index contributed by atoms with van der Waals surface area (Å²) in [4.78, 5) is 17.3. The molecule has 1 aromatic heterocycles. The number of nitrogens with zero attached hydrogens (tertiary/aromatic N) is 3. The number of carbonyl (C=O) groups is 1. The van der Waals surface area contributed by atoms with Gasteiger partial charge in [-0.3, -0.25) is 9.10 Å². The minimum Gasteiger partial charge on any atom is -0.481 e. The zero-order chi connectivity index (χ0) is 26.4. The number of halogens is 1. The Labute approximate surface area is 208 Å². The van der Waals surface area contributed by atoms with Crippen LogP contribution >= 0.6 is 0 Å². The molecule has 1 N–H and O–H groups in total. The number of benzene rings is 1. The van der Waals surface area contributed by atoms with Crippen LogP contribution in [0.1, 0.15) is 19.8 Å². The highest BCUT2D eigenvalue weighted by atomic mass is 32.2. The van der Waals surface area contributed by atoms with Crippen LogP contribution in [0.2, 0.25) is 0 Å². The quantitative estimate of drug-likeness (QED) is 0.573. The molecule has 0 saturated carbocycles. The molecule has 12 heteroatoms. The number of carboxylic acid groups (broad SMARTS) is 1. The summed E-state index contributed by atoms with van der Waals surface area (Å²) >= 11 is 0. The highest BCUT2D eigenvalue weighted by molar-refractivity contribution is 7.90. The molecular formula is C24H24FN3O6S2. The lowest BCUT2D eigenvalue weighted by molar-refractivity contribution is -0.136. The van der Waals surface area contributed by atoms with Crippen molar-refractivity contribution in [3.8, 4) is 0 Å². The van der Waals surface area contributed by atoms with Crippen molar-refractivity contribution in [1.82, 2.24) is 9.29 Å². The van der Waals surface area contributed by atoms with Gasteiger partial charge in [-0.25, -0.2) is 26.2 Å².